The van der Waals surface area contributed by atoms with Crippen LogP contribution in [0.15, 0.2) is 22.6 Å². The molecule has 0 radical (unpaired) electrons. The fourth-order valence-electron chi connectivity index (χ4n) is 2.04. The average Bonchev–Trinajstić information content (AvgIpc) is 3.05. The molecule has 0 spiro atoms. The highest BCUT2D eigenvalue weighted by Gasteiger charge is 2.17. The average molecular weight is 664 g/mol. The molecule has 2 amide bonds. The van der Waals surface area contributed by atoms with E-state index in [1.807, 2.05) is 0 Å². The van der Waals surface area contributed by atoms with Gasteiger partial charge in [-0.2, -0.15) is 4.99 Å². The van der Waals surface area contributed by atoms with Crippen molar-refractivity contribution in [3.8, 4) is 0 Å². The number of aliphatic hydroxyl groups is 1. The van der Waals surface area contributed by atoms with Crippen LogP contribution < -0.4 is 5.32 Å². The van der Waals surface area contributed by atoms with E-state index in [0.717, 1.165) is 13.2 Å². The maximum atomic E-state index is 11.5. The molecule has 0 aliphatic rings. The van der Waals surface area contributed by atoms with E-state index < -0.39 is 67.1 Å². The van der Waals surface area contributed by atoms with Crippen molar-refractivity contribution in [3.05, 3.63) is 12.7 Å². The molecule has 0 heterocycles. The monoisotopic (exact) mass is 663 g/mol. The van der Waals surface area contributed by atoms with Crippen LogP contribution in [0.25, 0.3) is 0 Å². The number of nitrogens with zero attached hydrogens (tertiary/aromatic N) is 2. The lowest BCUT2D eigenvalue weighted by Crippen LogP contribution is -2.33. The Labute approximate surface area is 265 Å². The molecule has 2 N–H and O–H groups in total. The molecule has 46 heavy (non-hydrogen) atoms. The molecule has 0 fully saturated rings. The molecule has 0 aromatic heterocycles. The number of carbonyl (C=O) groups is 7. The second-order valence-corrected chi connectivity index (χ2v) is 7.91. The Balaban J connectivity index is -0.000000675. The van der Waals surface area contributed by atoms with Gasteiger partial charge in [0.05, 0.1) is 33.4 Å². The molecule has 0 aromatic carbocycles. The molecular formula is C27H41N3O16. The van der Waals surface area contributed by atoms with Crippen molar-refractivity contribution < 1.29 is 76.6 Å². The summed E-state index contributed by atoms with van der Waals surface area (Å²) in [6, 6.07) is 0. The third kappa shape index (κ3) is 31.8. The quantitative estimate of drug-likeness (QED) is 0.0381. The number of amides is 2. The fraction of sp³-hybridized carbons (Fsp3) is 0.593. The predicted molar refractivity (Wildman–Crippen MR) is 155 cm³/mol. The lowest BCUT2D eigenvalue weighted by atomic mass is 10.3. The summed E-state index contributed by atoms with van der Waals surface area (Å²) in [7, 11) is 2.34. The van der Waals surface area contributed by atoms with E-state index >= 15 is 0 Å². The third-order valence-electron chi connectivity index (χ3n) is 4.50. The Hall–Kier alpha value is -5.16. The summed E-state index contributed by atoms with van der Waals surface area (Å²) >= 11 is 0. The number of aliphatic hydroxyl groups excluding tert-OH is 1. The fourth-order valence-corrected chi connectivity index (χ4v) is 2.04. The van der Waals surface area contributed by atoms with Crippen molar-refractivity contribution in [3.63, 3.8) is 0 Å². The van der Waals surface area contributed by atoms with Crippen LogP contribution in [0.2, 0.25) is 0 Å². The van der Waals surface area contributed by atoms with Gasteiger partial charge in [0.15, 0.2) is 0 Å². The summed E-state index contributed by atoms with van der Waals surface area (Å²) in [5, 5.41) is 11.3. The van der Waals surface area contributed by atoms with Gasteiger partial charge < -0.3 is 43.6 Å². The molecule has 0 saturated carbocycles. The number of esters is 5. The van der Waals surface area contributed by atoms with Gasteiger partial charge in [-0.1, -0.05) is 20.4 Å². The molecule has 0 aliphatic carbocycles. The van der Waals surface area contributed by atoms with Gasteiger partial charge in [-0.05, 0) is 19.6 Å². The van der Waals surface area contributed by atoms with Crippen molar-refractivity contribution in [2.45, 2.75) is 51.7 Å². The van der Waals surface area contributed by atoms with E-state index in [4.69, 9.17) is 14.6 Å². The van der Waals surface area contributed by atoms with Gasteiger partial charge in [-0.25, -0.2) is 24.2 Å². The highest BCUT2D eigenvalue weighted by Crippen LogP contribution is 2.01. The van der Waals surface area contributed by atoms with Crippen molar-refractivity contribution in [1.82, 2.24) is 5.32 Å². The van der Waals surface area contributed by atoms with Crippen molar-refractivity contribution >= 4 is 54.8 Å². The first-order chi connectivity index (χ1) is 21.8. The molecule has 0 aromatic rings. The number of methoxy groups -OCH3 is 2. The number of ether oxygens (including phenoxy) is 7. The first-order valence-electron chi connectivity index (χ1n) is 13.4. The summed E-state index contributed by atoms with van der Waals surface area (Å²) in [5.41, 5.74) is 0. The standard InChI is InChI=1S/C13H20N2O8.C8H14O5.C6H7NO3/c1-4-9(8-22-11(17)7-10(16)20-3)23-13(19)15-5-6-21-12(18)14-2;1-3-6(9)5-13-8(11)4-7(10)12-2;1-2-6(9)10-4-3-7-5-8/h9H,2,4-8H2,1,3H3,(H,15,19);6,9H,3-5H2,1-2H3;2H,1,3-4H2. The van der Waals surface area contributed by atoms with Gasteiger partial charge in [0.2, 0.25) is 6.08 Å². The molecule has 2 atom stereocenters. The summed E-state index contributed by atoms with van der Waals surface area (Å²) in [4.78, 5) is 91.5. The number of nitrogens with one attached hydrogen (secondary N) is 1. The second-order valence-electron chi connectivity index (χ2n) is 7.91. The van der Waals surface area contributed by atoms with Gasteiger partial charge in [0, 0.05) is 6.08 Å². The van der Waals surface area contributed by atoms with Crippen LogP contribution in [0, 0.1) is 0 Å². The summed E-state index contributed by atoms with van der Waals surface area (Å²) in [6.07, 6.45) is -0.597. The number of alkyl carbamates (subject to hydrolysis) is 1. The molecule has 2 unspecified atom stereocenters. The maximum absolute atomic E-state index is 11.5. The molecule has 0 aliphatic heterocycles. The Morgan fingerprint density at radius 3 is 1.87 bits per heavy atom. The highest BCUT2D eigenvalue weighted by atomic mass is 16.6. The van der Waals surface area contributed by atoms with E-state index in [0.29, 0.717) is 12.8 Å². The maximum Gasteiger partial charge on any atom is 0.433 e. The SMILES string of the molecule is C=CC(=O)OCCN=C=O.C=NC(=O)OCCNC(=O)OC(CC)COC(=O)CC(=O)OC.CCC(O)COC(=O)CC(=O)OC. The predicted octanol–water partition coefficient (Wildman–Crippen LogP) is 0.350. The van der Waals surface area contributed by atoms with Crippen LogP contribution in [0.4, 0.5) is 9.59 Å². The number of hydrogen-bond donors (Lipinski definition) is 2. The Kier molecular flexibility index (Phi) is 30.8. The Morgan fingerprint density at radius 1 is 0.848 bits per heavy atom. The molecule has 0 bridgehead atoms. The van der Waals surface area contributed by atoms with Crippen molar-refractivity contribution in [2.75, 3.05) is 53.7 Å². The molecule has 19 heteroatoms. The van der Waals surface area contributed by atoms with Crippen LogP contribution in [0.5, 0.6) is 0 Å². The van der Waals surface area contributed by atoms with Crippen LogP contribution in [-0.4, -0.2) is 126 Å². The van der Waals surface area contributed by atoms with Crippen LogP contribution in [0.3, 0.4) is 0 Å². The van der Waals surface area contributed by atoms with E-state index in [1.165, 1.54) is 13.2 Å². The van der Waals surface area contributed by atoms with Gasteiger partial charge in [-0.15, -0.1) is 0 Å². The summed E-state index contributed by atoms with van der Waals surface area (Å²) in [6.45, 7) is 9.57. The number of aliphatic imine (C=N–C) groups is 2. The zero-order chi connectivity index (χ0) is 35.8. The zero-order valence-electron chi connectivity index (χ0n) is 26.2. The van der Waals surface area contributed by atoms with Gasteiger partial charge in [0.25, 0.3) is 0 Å². The molecule has 0 saturated heterocycles. The molecule has 0 rings (SSSR count). The minimum Gasteiger partial charge on any atom is -0.469 e. The van der Waals surface area contributed by atoms with E-state index in [2.05, 4.69) is 52.3 Å². The normalized spacial score (nSPS) is 10.5. The van der Waals surface area contributed by atoms with Crippen LogP contribution >= 0.6 is 0 Å². The Bertz CT molecular complexity index is 1030. The molecular weight excluding hydrogens is 622 g/mol. The van der Waals surface area contributed by atoms with Gasteiger partial charge in [-0.3, -0.25) is 19.2 Å². The Morgan fingerprint density at radius 2 is 1.41 bits per heavy atom. The van der Waals surface area contributed by atoms with Gasteiger partial charge >= 0.3 is 42.0 Å². The molecule has 19 nitrogen and oxygen atoms in total. The van der Waals surface area contributed by atoms with Crippen LogP contribution in [0.1, 0.15) is 39.5 Å². The van der Waals surface area contributed by atoms with Crippen molar-refractivity contribution in [1.29, 1.82) is 0 Å². The minimum absolute atomic E-state index is 0.0264. The van der Waals surface area contributed by atoms with E-state index in [-0.39, 0.29) is 39.5 Å². The summed E-state index contributed by atoms with van der Waals surface area (Å²) < 4.78 is 32.0. The molecule has 260 valence electrons. The van der Waals surface area contributed by atoms with Gasteiger partial charge in [0.1, 0.15) is 45.4 Å². The van der Waals surface area contributed by atoms with Crippen LogP contribution in [-0.2, 0) is 61.9 Å². The van der Waals surface area contributed by atoms with Crippen molar-refractivity contribution in [2.24, 2.45) is 9.98 Å². The lowest BCUT2D eigenvalue weighted by Gasteiger charge is -2.16. The zero-order valence-corrected chi connectivity index (χ0v) is 26.2. The smallest absolute Gasteiger partial charge is 0.433 e. The number of isocyanates is 1. The van der Waals surface area contributed by atoms with E-state index in [1.54, 1.807) is 13.8 Å². The number of hydrogen-bond acceptors (Lipinski definition) is 17. The highest BCUT2D eigenvalue weighted by molar-refractivity contribution is 5.91. The minimum atomic E-state index is -0.843. The number of rotatable bonds is 18. The first-order valence-corrected chi connectivity index (χ1v) is 13.4. The largest absolute Gasteiger partial charge is 0.469 e. The number of carbonyl (C=O) groups excluding carboxylic acids is 8. The summed E-state index contributed by atoms with van der Waals surface area (Å²) in [5.74, 6) is -3.33. The topological polar surface area (TPSA) is 258 Å². The second kappa shape index (κ2) is 31.3. The van der Waals surface area contributed by atoms with E-state index in [9.17, 15) is 38.4 Å². The first kappa shape index (κ1) is 45.3. The lowest BCUT2D eigenvalue weighted by molar-refractivity contribution is -0.156. The third-order valence-corrected chi connectivity index (χ3v) is 4.50.